The van der Waals surface area contributed by atoms with Gasteiger partial charge in [-0.2, -0.15) is 26.3 Å². The van der Waals surface area contributed by atoms with Crippen LogP contribution in [0.4, 0.5) is 26.3 Å². The van der Waals surface area contributed by atoms with E-state index in [1.807, 2.05) is 12.1 Å². The minimum atomic E-state index is -4.97. The van der Waals surface area contributed by atoms with Crippen LogP contribution in [-0.4, -0.2) is 48.4 Å². The molecule has 1 atom stereocenters. The first kappa shape index (κ1) is 28.9. The normalized spacial score (nSPS) is 19.2. The summed E-state index contributed by atoms with van der Waals surface area (Å²) in [6.45, 7) is 1.99. The Morgan fingerprint density at radius 3 is 2.21 bits per heavy atom. The molecular formula is C26H28ClF6N5O. The number of halogens is 7. The summed E-state index contributed by atoms with van der Waals surface area (Å²) in [6, 6.07) is 8.25. The molecule has 0 saturated carbocycles. The molecule has 2 saturated heterocycles. The number of piperazine rings is 1. The molecule has 4 rings (SSSR count). The molecule has 2 aliphatic rings. The molecule has 1 amide bonds. The second kappa shape index (κ2) is 11.5. The van der Waals surface area contributed by atoms with Gasteiger partial charge >= 0.3 is 12.4 Å². The fraction of sp³-hybridized carbons (Fsp3) is 0.423. The fourth-order valence-corrected chi connectivity index (χ4v) is 5.17. The molecule has 0 aromatic heterocycles. The van der Waals surface area contributed by atoms with Gasteiger partial charge in [-0.25, -0.2) is 0 Å². The van der Waals surface area contributed by atoms with E-state index >= 15 is 0 Å². The first-order valence-corrected chi connectivity index (χ1v) is 12.8. The average molecular weight is 576 g/mol. The van der Waals surface area contributed by atoms with Crippen molar-refractivity contribution in [3.63, 3.8) is 0 Å². The third-order valence-electron chi connectivity index (χ3n) is 6.80. The Labute approximate surface area is 226 Å². The third-order valence-corrected chi connectivity index (χ3v) is 7.15. The topological polar surface area (TPSA) is 73.6 Å². The van der Waals surface area contributed by atoms with E-state index < -0.39 is 35.9 Å². The molecule has 0 unspecified atom stereocenters. The Morgan fingerprint density at radius 1 is 1.00 bits per heavy atom. The number of alkyl halides is 6. The van der Waals surface area contributed by atoms with Crippen LogP contribution in [0.2, 0.25) is 5.02 Å². The van der Waals surface area contributed by atoms with E-state index in [0.717, 1.165) is 12.0 Å². The van der Waals surface area contributed by atoms with E-state index in [0.29, 0.717) is 56.3 Å². The quantitative estimate of drug-likeness (QED) is 0.339. The fourth-order valence-electron chi connectivity index (χ4n) is 4.91. The van der Waals surface area contributed by atoms with Crippen molar-refractivity contribution in [2.75, 3.05) is 32.7 Å². The number of carbonyl (C=O) groups excluding carboxylic acids is 1. The van der Waals surface area contributed by atoms with Crippen molar-refractivity contribution in [1.82, 2.24) is 20.4 Å². The molecular weight excluding hydrogens is 548 g/mol. The van der Waals surface area contributed by atoms with E-state index in [1.165, 1.54) is 0 Å². The first-order valence-electron chi connectivity index (χ1n) is 12.4. The number of likely N-dealkylation sites (tertiary alicyclic amines) is 1. The van der Waals surface area contributed by atoms with Crippen molar-refractivity contribution in [3.05, 3.63) is 81.3 Å². The van der Waals surface area contributed by atoms with Gasteiger partial charge in [0.05, 0.1) is 17.2 Å². The highest BCUT2D eigenvalue weighted by Crippen LogP contribution is 2.38. The van der Waals surface area contributed by atoms with E-state index in [9.17, 15) is 31.1 Å². The summed E-state index contributed by atoms with van der Waals surface area (Å²) in [5, 5.41) is 6.54. The largest absolute Gasteiger partial charge is 0.416 e. The van der Waals surface area contributed by atoms with Crippen LogP contribution < -0.4 is 16.4 Å². The summed E-state index contributed by atoms with van der Waals surface area (Å²) in [7, 11) is 0. The summed E-state index contributed by atoms with van der Waals surface area (Å²) in [4.78, 5) is 17.0. The molecule has 2 aromatic carbocycles. The van der Waals surface area contributed by atoms with Crippen LogP contribution in [0.1, 0.15) is 41.1 Å². The van der Waals surface area contributed by atoms with Gasteiger partial charge in [0.15, 0.2) is 0 Å². The van der Waals surface area contributed by atoms with Crippen LogP contribution in [0.15, 0.2) is 54.0 Å². The number of nitrogens with zero attached hydrogens (tertiary/aromatic N) is 2. The third kappa shape index (κ3) is 6.73. The van der Waals surface area contributed by atoms with Crippen LogP contribution in [-0.2, 0) is 23.7 Å². The molecule has 212 valence electrons. The molecule has 0 aliphatic carbocycles. The number of hydrogen-bond acceptors (Lipinski definition) is 5. The molecule has 2 aliphatic heterocycles. The Kier molecular flexibility index (Phi) is 8.55. The van der Waals surface area contributed by atoms with Gasteiger partial charge in [0.25, 0.3) is 5.91 Å². The molecule has 0 spiro atoms. The number of amides is 1. The zero-order valence-electron chi connectivity index (χ0n) is 20.8. The van der Waals surface area contributed by atoms with E-state index in [2.05, 4.69) is 10.6 Å². The van der Waals surface area contributed by atoms with Crippen LogP contribution in [0, 0.1) is 0 Å². The molecule has 4 N–H and O–H groups in total. The number of benzene rings is 2. The smallest absolute Gasteiger partial charge is 0.391 e. The predicted octanol–water partition coefficient (Wildman–Crippen LogP) is 4.86. The van der Waals surface area contributed by atoms with Gasteiger partial charge in [0.1, 0.15) is 11.5 Å². The van der Waals surface area contributed by atoms with Crippen molar-refractivity contribution >= 4 is 17.5 Å². The first-order chi connectivity index (χ1) is 18.4. The van der Waals surface area contributed by atoms with Crippen molar-refractivity contribution in [3.8, 4) is 0 Å². The molecule has 6 nitrogen and oxygen atoms in total. The second-order valence-electron chi connectivity index (χ2n) is 9.45. The van der Waals surface area contributed by atoms with Crippen molar-refractivity contribution in [2.45, 2.75) is 37.8 Å². The lowest BCUT2D eigenvalue weighted by molar-refractivity contribution is -0.143. The lowest BCUT2D eigenvalue weighted by Crippen LogP contribution is -2.48. The maximum Gasteiger partial charge on any atom is 0.416 e. The Morgan fingerprint density at radius 2 is 1.62 bits per heavy atom. The summed E-state index contributed by atoms with van der Waals surface area (Å²) >= 11 is 6.38. The highest BCUT2D eigenvalue weighted by Gasteiger charge is 2.37. The molecule has 2 fully saturated rings. The number of carbonyl (C=O) groups is 1. The maximum absolute atomic E-state index is 13.6. The van der Waals surface area contributed by atoms with Crippen molar-refractivity contribution in [2.24, 2.45) is 5.73 Å². The van der Waals surface area contributed by atoms with Gasteiger partial charge < -0.3 is 26.2 Å². The minimum absolute atomic E-state index is 0.0800. The number of nitrogens with one attached hydrogen (secondary N) is 2. The Bertz CT molecular complexity index is 1190. The number of hydrogen-bond donors (Lipinski definition) is 3. The molecule has 2 aromatic rings. The zero-order valence-corrected chi connectivity index (χ0v) is 21.6. The zero-order chi connectivity index (χ0) is 28.4. The highest BCUT2D eigenvalue weighted by molar-refractivity contribution is 6.31. The van der Waals surface area contributed by atoms with Gasteiger partial charge in [-0.05, 0) is 48.2 Å². The number of nitrogens with two attached hydrogens (primary N) is 1. The van der Waals surface area contributed by atoms with E-state index in [4.69, 9.17) is 17.3 Å². The SMILES string of the molecule is N/C(C(=O)N1CCC[C@@H]1c1ccccc1Cl)=C(\NCc1cc(C(F)(F)F)cc(C(F)(F)F)c1)N1CCNCC1. The van der Waals surface area contributed by atoms with Gasteiger partial charge in [-0.15, -0.1) is 0 Å². The summed E-state index contributed by atoms with van der Waals surface area (Å²) in [5.74, 6) is -0.323. The van der Waals surface area contributed by atoms with Crippen molar-refractivity contribution < 1.29 is 31.1 Å². The molecule has 2 heterocycles. The molecule has 39 heavy (non-hydrogen) atoms. The number of rotatable bonds is 6. The molecule has 0 radical (unpaired) electrons. The van der Waals surface area contributed by atoms with Crippen LogP contribution >= 0.6 is 11.6 Å². The second-order valence-corrected chi connectivity index (χ2v) is 9.85. The lowest BCUT2D eigenvalue weighted by Gasteiger charge is -2.34. The summed E-state index contributed by atoms with van der Waals surface area (Å²) < 4.78 is 80.1. The molecule has 13 heteroatoms. The minimum Gasteiger partial charge on any atom is -0.391 e. The average Bonchev–Trinajstić information content (AvgIpc) is 3.37. The monoisotopic (exact) mass is 575 g/mol. The Balaban J connectivity index is 1.65. The van der Waals surface area contributed by atoms with Crippen LogP contribution in [0.25, 0.3) is 0 Å². The predicted molar refractivity (Wildman–Crippen MR) is 134 cm³/mol. The van der Waals surface area contributed by atoms with Crippen LogP contribution in [0.5, 0.6) is 0 Å². The highest BCUT2D eigenvalue weighted by atomic mass is 35.5. The van der Waals surface area contributed by atoms with E-state index in [-0.39, 0.29) is 29.2 Å². The maximum atomic E-state index is 13.6. The van der Waals surface area contributed by atoms with Gasteiger partial charge in [-0.1, -0.05) is 29.8 Å². The van der Waals surface area contributed by atoms with Crippen LogP contribution in [0.3, 0.4) is 0 Å². The van der Waals surface area contributed by atoms with Crippen molar-refractivity contribution in [1.29, 1.82) is 0 Å². The standard InChI is InChI=1S/C26H28ClF6N5O/c27-20-5-2-1-4-19(20)21-6-3-9-38(21)24(39)22(34)23(37-10-7-35-8-11-37)36-15-16-12-17(25(28,29)30)14-18(13-16)26(31,32)33/h1-2,4-5,12-14,21,35-36H,3,6-11,15,34H2/b23-22+/t21-/m1/s1. The molecule has 0 bridgehead atoms. The lowest BCUT2D eigenvalue weighted by atomic mass is 10.0. The van der Waals surface area contributed by atoms with Gasteiger partial charge in [0, 0.05) is 44.3 Å². The summed E-state index contributed by atoms with van der Waals surface area (Å²) in [5.41, 5.74) is 3.92. The summed E-state index contributed by atoms with van der Waals surface area (Å²) in [6.07, 6.45) is -8.54. The van der Waals surface area contributed by atoms with E-state index in [1.54, 1.807) is 21.9 Å². The van der Waals surface area contributed by atoms with Gasteiger partial charge in [0.2, 0.25) is 0 Å². The Hall–Kier alpha value is -3.12. The van der Waals surface area contributed by atoms with Gasteiger partial charge in [-0.3, -0.25) is 4.79 Å².